The van der Waals surface area contributed by atoms with Crippen molar-refractivity contribution in [3.05, 3.63) is 0 Å². The monoisotopic (exact) mass is 195 g/mol. The molecule has 0 aliphatic heterocycles. The normalized spacial score (nSPS) is 12.6. The van der Waals surface area contributed by atoms with Crippen molar-refractivity contribution in [2.45, 2.75) is 32.2 Å². The fraction of sp³-hybridized carbons (Fsp3) is 0.714. The van der Waals surface area contributed by atoms with E-state index in [1.807, 2.05) is 5.32 Å². The molecule has 0 rings (SSSR count). The topological polar surface area (TPSA) is 66.4 Å². The summed E-state index contributed by atoms with van der Waals surface area (Å²) in [7, 11) is 0. The van der Waals surface area contributed by atoms with Gasteiger partial charge in [0.25, 0.3) is 6.43 Å². The minimum atomic E-state index is -2.73. The molecule has 13 heavy (non-hydrogen) atoms. The Bertz CT molecular complexity index is 196. The zero-order valence-electron chi connectivity index (χ0n) is 7.09. The van der Waals surface area contributed by atoms with Gasteiger partial charge in [-0.05, 0) is 6.42 Å². The van der Waals surface area contributed by atoms with E-state index in [4.69, 9.17) is 5.11 Å². The average molecular weight is 195 g/mol. The molecule has 0 aliphatic carbocycles. The van der Waals surface area contributed by atoms with Gasteiger partial charge in [-0.15, -0.1) is 0 Å². The number of aliphatic carboxylic acids is 1. The molecule has 2 N–H and O–H groups in total. The molecule has 0 aromatic carbocycles. The van der Waals surface area contributed by atoms with Gasteiger partial charge >= 0.3 is 5.97 Å². The van der Waals surface area contributed by atoms with E-state index >= 15 is 0 Å². The number of rotatable bonds is 5. The molecule has 0 fully saturated rings. The summed E-state index contributed by atoms with van der Waals surface area (Å²) < 4.78 is 24.2. The van der Waals surface area contributed by atoms with E-state index in [-0.39, 0.29) is 12.8 Å². The standard InChI is InChI=1S/C7H11F2NO3/c1-4(11)10-5(7(8)9)2-3-6(12)13/h5,7H,2-3H2,1H3,(H,10,11)(H,12,13). The second-order valence-corrected chi connectivity index (χ2v) is 2.57. The van der Waals surface area contributed by atoms with Crippen molar-refractivity contribution in [1.29, 1.82) is 0 Å². The molecule has 0 aromatic heterocycles. The SMILES string of the molecule is CC(=O)NC(CCC(=O)O)C(F)F. The maximum Gasteiger partial charge on any atom is 0.303 e. The van der Waals surface area contributed by atoms with Crippen LogP contribution in [0.15, 0.2) is 0 Å². The van der Waals surface area contributed by atoms with Crippen LogP contribution in [-0.2, 0) is 9.59 Å². The van der Waals surface area contributed by atoms with Crippen LogP contribution in [0.5, 0.6) is 0 Å². The van der Waals surface area contributed by atoms with Gasteiger partial charge in [-0.1, -0.05) is 0 Å². The van der Waals surface area contributed by atoms with E-state index in [0.717, 1.165) is 6.92 Å². The van der Waals surface area contributed by atoms with Gasteiger partial charge in [0.1, 0.15) is 0 Å². The number of halogens is 2. The summed E-state index contributed by atoms with van der Waals surface area (Å²) >= 11 is 0. The van der Waals surface area contributed by atoms with E-state index in [1.165, 1.54) is 0 Å². The molecular weight excluding hydrogens is 184 g/mol. The minimum absolute atomic E-state index is 0.257. The number of amides is 1. The van der Waals surface area contributed by atoms with E-state index in [9.17, 15) is 18.4 Å². The number of hydrogen-bond acceptors (Lipinski definition) is 2. The Morgan fingerprint density at radius 3 is 2.31 bits per heavy atom. The number of carboxylic acid groups (broad SMARTS) is 1. The first-order chi connectivity index (χ1) is 5.93. The summed E-state index contributed by atoms with van der Waals surface area (Å²) in [6.45, 7) is 1.11. The summed E-state index contributed by atoms with van der Waals surface area (Å²) in [6, 6.07) is -1.37. The number of alkyl halides is 2. The molecule has 4 nitrogen and oxygen atoms in total. The lowest BCUT2D eigenvalue weighted by Gasteiger charge is -2.15. The van der Waals surface area contributed by atoms with Gasteiger partial charge in [-0.25, -0.2) is 8.78 Å². The lowest BCUT2D eigenvalue weighted by molar-refractivity contribution is -0.137. The first kappa shape index (κ1) is 11.8. The van der Waals surface area contributed by atoms with Crippen LogP contribution in [-0.4, -0.2) is 29.5 Å². The Morgan fingerprint density at radius 2 is 2.00 bits per heavy atom. The summed E-state index contributed by atoms with van der Waals surface area (Å²) in [4.78, 5) is 20.5. The Kier molecular flexibility index (Phi) is 4.94. The molecule has 0 radical (unpaired) electrons. The molecular formula is C7H11F2NO3. The van der Waals surface area contributed by atoms with E-state index < -0.39 is 24.3 Å². The smallest absolute Gasteiger partial charge is 0.303 e. The van der Waals surface area contributed by atoms with Crippen LogP contribution in [0, 0.1) is 0 Å². The highest BCUT2D eigenvalue weighted by atomic mass is 19.3. The van der Waals surface area contributed by atoms with Gasteiger partial charge < -0.3 is 10.4 Å². The van der Waals surface area contributed by atoms with Crippen molar-refractivity contribution in [2.75, 3.05) is 0 Å². The lowest BCUT2D eigenvalue weighted by atomic mass is 10.1. The van der Waals surface area contributed by atoms with Crippen LogP contribution in [0.4, 0.5) is 8.78 Å². The molecule has 1 atom stereocenters. The van der Waals surface area contributed by atoms with Gasteiger partial charge in [0.05, 0.1) is 6.04 Å². The second-order valence-electron chi connectivity index (χ2n) is 2.57. The van der Waals surface area contributed by atoms with Crippen molar-refractivity contribution in [2.24, 2.45) is 0 Å². The fourth-order valence-corrected chi connectivity index (χ4v) is 0.801. The maximum atomic E-state index is 12.1. The maximum absolute atomic E-state index is 12.1. The number of hydrogen-bond donors (Lipinski definition) is 2. The predicted molar refractivity (Wildman–Crippen MR) is 40.5 cm³/mol. The van der Waals surface area contributed by atoms with Crippen molar-refractivity contribution in [3.8, 4) is 0 Å². The molecule has 0 bridgehead atoms. The summed E-state index contributed by atoms with van der Waals surface area (Å²) in [6.07, 6.45) is -3.37. The van der Waals surface area contributed by atoms with Crippen LogP contribution in [0.2, 0.25) is 0 Å². The second kappa shape index (κ2) is 5.45. The molecule has 0 aromatic rings. The zero-order chi connectivity index (χ0) is 10.4. The molecule has 0 saturated carbocycles. The largest absolute Gasteiger partial charge is 0.481 e. The molecule has 1 amide bonds. The van der Waals surface area contributed by atoms with E-state index in [2.05, 4.69) is 0 Å². The first-order valence-corrected chi connectivity index (χ1v) is 3.70. The molecule has 1 unspecified atom stereocenters. The van der Waals surface area contributed by atoms with Gasteiger partial charge in [0.15, 0.2) is 0 Å². The van der Waals surface area contributed by atoms with Crippen molar-refractivity contribution < 1.29 is 23.5 Å². The highest BCUT2D eigenvalue weighted by molar-refractivity contribution is 5.73. The molecule has 0 heterocycles. The van der Waals surface area contributed by atoms with Crippen molar-refractivity contribution in [1.82, 2.24) is 5.32 Å². The Labute approximate surface area is 73.9 Å². The summed E-state index contributed by atoms with van der Waals surface area (Å²) in [5.74, 6) is -1.74. The van der Waals surface area contributed by atoms with Crippen LogP contribution in [0.1, 0.15) is 19.8 Å². The third-order valence-corrected chi connectivity index (χ3v) is 1.36. The molecule has 0 saturated heterocycles. The first-order valence-electron chi connectivity index (χ1n) is 3.70. The molecule has 6 heteroatoms. The lowest BCUT2D eigenvalue weighted by Crippen LogP contribution is -2.39. The third-order valence-electron chi connectivity index (χ3n) is 1.36. The molecule has 76 valence electrons. The third kappa shape index (κ3) is 6.01. The van der Waals surface area contributed by atoms with Crippen LogP contribution in [0.3, 0.4) is 0 Å². The number of carbonyl (C=O) groups excluding carboxylic acids is 1. The number of carbonyl (C=O) groups is 2. The van der Waals surface area contributed by atoms with Crippen LogP contribution >= 0.6 is 0 Å². The highest BCUT2D eigenvalue weighted by Gasteiger charge is 2.21. The molecule has 0 spiro atoms. The Morgan fingerprint density at radius 1 is 1.46 bits per heavy atom. The Hall–Kier alpha value is -1.20. The van der Waals surface area contributed by atoms with Gasteiger partial charge in [0, 0.05) is 13.3 Å². The van der Waals surface area contributed by atoms with Gasteiger partial charge in [0.2, 0.25) is 5.91 Å². The highest BCUT2D eigenvalue weighted by Crippen LogP contribution is 2.07. The quantitative estimate of drug-likeness (QED) is 0.675. The number of carboxylic acids is 1. The number of nitrogens with one attached hydrogen (secondary N) is 1. The fourth-order valence-electron chi connectivity index (χ4n) is 0.801. The van der Waals surface area contributed by atoms with E-state index in [0.29, 0.717) is 0 Å². The van der Waals surface area contributed by atoms with E-state index in [1.54, 1.807) is 0 Å². The minimum Gasteiger partial charge on any atom is -0.481 e. The Balaban J connectivity index is 3.95. The van der Waals surface area contributed by atoms with Crippen LogP contribution in [0.25, 0.3) is 0 Å². The zero-order valence-corrected chi connectivity index (χ0v) is 7.09. The van der Waals surface area contributed by atoms with Crippen molar-refractivity contribution in [3.63, 3.8) is 0 Å². The average Bonchev–Trinajstić information content (AvgIpc) is 1.96. The van der Waals surface area contributed by atoms with Crippen molar-refractivity contribution >= 4 is 11.9 Å². The van der Waals surface area contributed by atoms with Crippen LogP contribution < -0.4 is 5.32 Å². The summed E-state index contributed by atoms with van der Waals surface area (Å²) in [5, 5.41) is 10.2. The van der Waals surface area contributed by atoms with Gasteiger partial charge in [-0.2, -0.15) is 0 Å². The molecule has 0 aliphatic rings. The predicted octanol–water partition coefficient (Wildman–Crippen LogP) is 0.621. The summed E-state index contributed by atoms with van der Waals surface area (Å²) in [5.41, 5.74) is 0. The van der Waals surface area contributed by atoms with Gasteiger partial charge in [-0.3, -0.25) is 9.59 Å².